The van der Waals surface area contributed by atoms with E-state index in [1.54, 1.807) is 0 Å². The van der Waals surface area contributed by atoms with Crippen LogP contribution in [0.15, 0.2) is 0 Å². The summed E-state index contributed by atoms with van der Waals surface area (Å²) in [6, 6.07) is 0.907. The van der Waals surface area contributed by atoms with Crippen molar-refractivity contribution in [3.8, 4) is 0 Å². The molecule has 128 valence electrons. The quantitative estimate of drug-likeness (QED) is 0.838. The fraction of sp³-hybridized carbons (Fsp3) is 0.941. The number of ether oxygens (including phenoxy) is 1. The second-order valence-electron chi connectivity index (χ2n) is 8.16. The van der Waals surface area contributed by atoms with Gasteiger partial charge in [-0.05, 0) is 59.8 Å². The number of hydrogen-bond acceptors (Lipinski definition) is 4. The van der Waals surface area contributed by atoms with Crippen LogP contribution in [0.4, 0.5) is 4.79 Å². The largest absolute Gasteiger partial charge is 0.444 e. The van der Waals surface area contributed by atoms with E-state index < -0.39 is 5.60 Å². The Labute approximate surface area is 134 Å². The average molecular weight is 312 g/mol. The molecule has 0 aromatic rings. The number of aliphatic hydroxyl groups excluding tert-OH is 1. The third-order valence-corrected chi connectivity index (χ3v) is 5.02. The van der Waals surface area contributed by atoms with Crippen LogP contribution in [0.3, 0.4) is 0 Å². The second-order valence-corrected chi connectivity index (χ2v) is 8.16. The van der Waals surface area contributed by atoms with Crippen molar-refractivity contribution in [3.63, 3.8) is 0 Å². The molecule has 0 aliphatic carbocycles. The summed E-state index contributed by atoms with van der Waals surface area (Å²) in [4.78, 5) is 14.4. The summed E-state index contributed by atoms with van der Waals surface area (Å²) in [5.41, 5.74) is -0.665. The Balaban J connectivity index is 1.98. The fourth-order valence-electron chi connectivity index (χ4n) is 3.66. The molecule has 0 aromatic carbocycles. The van der Waals surface area contributed by atoms with E-state index in [0.29, 0.717) is 6.04 Å². The lowest BCUT2D eigenvalue weighted by molar-refractivity contribution is 0.00243. The highest BCUT2D eigenvalue weighted by Gasteiger charge is 2.45. The van der Waals surface area contributed by atoms with E-state index in [-0.39, 0.29) is 30.3 Å². The molecule has 3 unspecified atom stereocenters. The molecule has 2 fully saturated rings. The van der Waals surface area contributed by atoms with Crippen molar-refractivity contribution in [2.75, 3.05) is 6.61 Å². The Kier molecular flexibility index (Phi) is 5.07. The molecule has 0 aromatic heterocycles. The van der Waals surface area contributed by atoms with Crippen LogP contribution in [0, 0.1) is 0 Å². The number of nitrogens with zero attached hydrogens (tertiary/aromatic N) is 1. The van der Waals surface area contributed by atoms with E-state index in [9.17, 15) is 9.90 Å². The Morgan fingerprint density at radius 1 is 1.23 bits per heavy atom. The van der Waals surface area contributed by atoms with Crippen molar-refractivity contribution in [2.24, 2.45) is 0 Å². The predicted octanol–water partition coefficient (Wildman–Crippen LogP) is 2.67. The first kappa shape index (κ1) is 17.5. The molecule has 2 heterocycles. The molecule has 3 atom stereocenters. The molecule has 5 heteroatoms. The minimum absolute atomic E-state index is 0.144. The van der Waals surface area contributed by atoms with Gasteiger partial charge < -0.3 is 20.1 Å². The van der Waals surface area contributed by atoms with Gasteiger partial charge in [0, 0.05) is 23.7 Å². The Morgan fingerprint density at radius 3 is 2.18 bits per heavy atom. The molecule has 2 N–H and O–H groups in total. The van der Waals surface area contributed by atoms with Gasteiger partial charge in [0.2, 0.25) is 0 Å². The molecule has 2 rings (SSSR count). The van der Waals surface area contributed by atoms with Gasteiger partial charge in [0.15, 0.2) is 0 Å². The maximum Gasteiger partial charge on any atom is 0.410 e. The topological polar surface area (TPSA) is 61.8 Å². The zero-order valence-electron chi connectivity index (χ0n) is 14.7. The SMILES string of the molecule is CCC(C)(CO)NC1CC2CCC(C1)N2C(=O)OC(C)(C)C. The maximum absolute atomic E-state index is 12.4. The van der Waals surface area contributed by atoms with E-state index in [0.717, 1.165) is 32.1 Å². The lowest BCUT2D eigenvalue weighted by atomic mass is 9.92. The van der Waals surface area contributed by atoms with Gasteiger partial charge in [0.1, 0.15) is 5.60 Å². The second kappa shape index (κ2) is 6.36. The van der Waals surface area contributed by atoms with Crippen LogP contribution >= 0.6 is 0 Å². The summed E-state index contributed by atoms with van der Waals surface area (Å²) in [7, 11) is 0. The van der Waals surface area contributed by atoms with Gasteiger partial charge >= 0.3 is 6.09 Å². The highest BCUT2D eigenvalue weighted by Crippen LogP contribution is 2.37. The number of fused-ring (bicyclic) bond motifs is 2. The average Bonchev–Trinajstić information content (AvgIpc) is 2.69. The number of rotatable bonds is 4. The molecular formula is C17H32N2O3. The third-order valence-electron chi connectivity index (χ3n) is 5.02. The molecule has 2 aliphatic rings. The molecule has 22 heavy (non-hydrogen) atoms. The van der Waals surface area contributed by atoms with Crippen molar-refractivity contribution < 1.29 is 14.6 Å². The molecule has 2 aliphatic heterocycles. The van der Waals surface area contributed by atoms with Gasteiger partial charge in [0.05, 0.1) is 6.61 Å². The van der Waals surface area contributed by atoms with E-state index >= 15 is 0 Å². The van der Waals surface area contributed by atoms with Crippen LogP contribution in [-0.4, -0.2) is 52.0 Å². The highest BCUT2D eigenvalue weighted by atomic mass is 16.6. The highest BCUT2D eigenvalue weighted by molar-refractivity contribution is 5.69. The van der Waals surface area contributed by atoms with Crippen LogP contribution in [0.1, 0.15) is 66.7 Å². The first-order valence-electron chi connectivity index (χ1n) is 8.57. The molecule has 2 bridgehead atoms. The van der Waals surface area contributed by atoms with Crippen molar-refractivity contribution in [2.45, 2.75) is 96.0 Å². The van der Waals surface area contributed by atoms with Crippen LogP contribution in [0.5, 0.6) is 0 Å². The van der Waals surface area contributed by atoms with E-state index in [1.165, 1.54) is 0 Å². The van der Waals surface area contributed by atoms with Gasteiger partial charge in [-0.25, -0.2) is 4.79 Å². The van der Waals surface area contributed by atoms with E-state index in [1.807, 2.05) is 25.7 Å². The van der Waals surface area contributed by atoms with Crippen molar-refractivity contribution in [1.29, 1.82) is 0 Å². The minimum atomic E-state index is -0.441. The third kappa shape index (κ3) is 3.93. The first-order chi connectivity index (χ1) is 10.2. The fourth-order valence-corrected chi connectivity index (χ4v) is 3.66. The summed E-state index contributed by atoms with van der Waals surface area (Å²) < 4.78 is 5.56. The molecule has 0 radical (unpaired) electrons. The predicted molar refractivity (Wildman–Crippen MR) is 86.8 cm³/mol. The van der Waals surface area contributed by atoms with E-state index in [2.05, 4.69) is 19.2 Å². The van der Waals surface area contributed by atoms with Gasteiger partial charge in [-0.1, -0.05) is 6.92 Å². The zero-order valence-corrected chi connectivity index (χ0v) is 14.7. The number of carbonyl (C=O) groups excluding carboxylic acids is 1. The number of carbonyl (C=O) groups is 1. The standard InChI is InChI=1S/C17H32N2O3/c1-6-17(5,11-20)18-12-9-13-7-8-14(10-12)19(13)15(21)22-16(2,3)4/h12-14,18,20H,6-11H2,1-5H3. The van der Waals surface area contributed by atoms with Crippen LogP contribution in [0.25, 0.3) is 0 Å². The molecule has 5 nitrogen and oxygen atoms in total. The monoisotopic (exact) mass is 312 g/mol. The molecular weight excluding hydrogens is 280 g/mol. The maximum atomic E-state index is 12.4. The van der Waals surface area contributed by atoms with Crippen LogP contribution < -0.4 is 5.32 Å². The van der Waals surface area contributed by atoms with Crippen molar-refractivity contribution >= 4 is 6.09 Å². The number of amides is 1. The Morgan fingerprint density at radius 2 is 1.77 bits per heavy atom. The van der Waals surface area contributed by atoms with Crippen molar-refractivity contribution in [3.05, 3.63) is 0 Å². The number of aliphatic hydroxyl groups is 1. The summed E-state index contributed by atoms with van der Waals surface area (Å²) in [6.45, 7) is 10.0. The molecule has 2 saturated heterocycles. The molecule has 1 amide bonds. The lowest BCUT2D eigenvalue weighted by Gasteiger charge is -2.42. The number of hydrogen-bond donors (Lipinski definition) is 2. The van der Waals surface area contributed by atoms with Gasteiger partial charge in [0.25, 0.3) is 0 Å². The van der Waals surface area contributed by atoms with Gasteiger partial charge in [-0.2, -0.15) is 0 Å². The zero-order chi connectivity index (χ0) is 16.5. The minimum Gasteiger partial charge on any atom is -0.444 e. The van der Waals surface area contributed by atoms with E-state index in [4.69, 9.17) is 4.74 Å². The summed E-state index contributed by atoms with van der Waals surface area (Å²) in [6.07, 6.45) is 4.74. The Bertz CT molecular complexity index is 387. The first-order valence-corrected chi connectivity index (χ1v) is 8.57. The smallest absolute Gasteiger partial charge is 0.410 e. The number of piperidine rings is 1. The Hall–Kier alpha value is -0.810. The van der Waals surface area contributed by atoms with Crippen LogP contribution in [-0.2, 0) is 4.74 Å². The number of nitrogens with one attached hydrogen (secondary N) is 1. The summed E-state index contributed by atoms with van der Waals surface area (Å²) in [5, 5.41) is 13.2. The van der Waals surface area contributed by atoms with Crippen molar-refractivity contribution in [1.82, 2.24) is 10.2 Å². The summed E-state index contributed by atoms with van der Waals surface area (Å²) in [5.74, 6) is 0. The summed E-state index contributed by atoms with van der Waals surface area (Å²) >= 11 is 0. The van der Waals surface area contributed by atoms with Gasteiger partial charge in [-0.3, -0.25) is 0 Å². The lowest BCUT2D eigenvalue weighted by Crippen LogP contribution is -2.57. The molecule has 0 saturated carbocycles. The van der Waals surface area contributed by atoms with Gasteiger partial charge in [-0.15, -0.1) is 0 Å². The normalized spacial score (nSPS) is 31.0. The van der Waals surface area contributed by atoms with Crippen LogP contribution in [0.2, 0.25) is 0 Å². The molecule has 0 spiro atoms.